The van der Waals surface area contributed by atoms with E-state index in [0.717, 1.165) is 58.4 Å². The van der Waals surface area contributed by atoms with Crippen LogP contribution in [0, 0.1) is 5.92 Å². The normalized spacial score (nSPS) is 15.3. The fourth-order valence-corrected chi connectivity index (χ4v) is 5.95. The number of hydrogen-bond acceptors (Lipinski definition) is 4. The molecule has 0 aliphatic heterocycles. The predicted octanol–water partition coefficient (Wildman–Crippen LogP) is 6.19. The van der Waals surface area contributed by atoms with Crippen LogP contribution in [0.15, 0.2) is 60.7 Å². The highest BCUT2D eigenvalue weighted by molar-refractivity contribution is 5.93. The maximum absolute atomic E-state index is 13.2. The smallest absolute Gasteiger partial charge is 0.229 e. The van der Waals surface area contributed by atoms with Gasteiger partial charge in [0.25, 0.3) is 0 Å². The number of amides is 1. The Balaban J connectivity index is 1.30. The summed E-state index contributed by atoms with van der Waals surface area (Å²) >= 11 is 0. The average Bonchev–Trinajstić information content (AvgIpc) is 2.93. The minimum Gasteiger partial charge on any atom is -0.392 e. The Morgan fingerprint density at radius 2 is 1.70 bits per heavy atom. The van der Waals surface area contributed by atoms with E-state index in [0.29, 0.717) is 18.2 Å². The van der Waals surface area contributed by atoms with Gasteiger partial charge in [-0.1, -0.05) is 92.8 Å². The molecule has 5 heteroatoms. The zero-order valence-electron chi connectivity index (χ0n) is 21.2. The molecule has 0 saturated heterocycles. The standard InChI is InChI=1S/C32H33N3O2/c36-20-23-11-14-27-26(17-23)13-15-28-31(27)33-29(18-21-6-2-1-3-7-21)32(34-28)35-30(37)19-22-10-12-24-8-4-5-9-25(24)16-22/h4-5,8-12,14,16-17,21,36H,1-3,6-7,13,15,18-20H2,(H,34,35,37). The maximum Gasteiger partial charge on any atom is 0.229 e. The number of carbonyl (C=O) groups excluding carboxylic acids is 1. The molecule has 0 radical (unpaired) electrons. The summed E-state index contributed by atoms with van der Waals surface area (Å²) in [6.07, 6.45) is 9.04. The molecule has 1 heterocycles. The van der Waals surface area contributed by atoms with E-state index in [1.165, 1.54) is 43.1 Å². The van der Waals surface area contributed by atoms with Gasteiger partial charge in [0.05, 0.1) is 30.1 Å². The Bertz CT molecular complexity index is 1460. The summed E-state index contributed by atoms with van der Waals surface area (Å²) in [7, 11) is 0. The van der Waals surface area contributed by atoms with Crippen molar-refractivity contribution in [1.82, 2.24) is 9.97 Å². The number of rotatable bonds is 6. The van der Waals surface area contributed by atoms with Crippen LogP contribution in [0.1, 0.15) is 60.2 Å². The van der Waals surface area contributed by atoms with Gasteiger partial charge in [0.1, 0.15) is 0 Å². The second kappa shape index (κ2) is 10.4. The van der Waals surface area contributed by atoms with E-state index in [4.69, 9.17) is 9.97 Å². The van der Waals surface area contributed by atoms with E-state index < -0.39 is 0 Å². The topological polar surface area (TPSA) is 75.1 Å². The van der Waals surface area contributed by atoms with Crippen LogP contribution in [0.25, 0.3) is 22.0 Å². The molecule has 2 aliphatic carbocycles. The first-order valence-electron chi connectivity index (χ1n) is 13.6. The lowest BCUT2D eigenvalue weighted by Gasteiger charge is -2.25. The molecular formula is C32H33N3O2. The summed E-state index contributed by atoms with van der Waals surface area (Å²) in [5, 5.41) is 15.0. The average molecular weight is 492 g/mol. The molecule has 6 rings (SSSR count). The molecule has 1 fully saturated rings. The molecule has 0 atom stereocenters. The number of nitrogens with zero attached hydrogens (tertiary/aromatic N) is 2. The minimum atomic E-state index is -0.0572. The number of aryl methyl sites for hydroxylation is 2. The van der Waals surface area contributed by atoms with E-state index in [1.54, 1.807) is 0 Å². The largest absolute Gasteiger partial charge is 0.392 e. The fraction of sp³-hybridized carbons (Fsp3) is 0.344. The molecule has 1 saturated carbocycles. The fourth-order valence-electron chi connectivity index (χ4n) is 5.95. The number of carbonyl (C=O) groups is 1. The molecule has 3 aromatic carbocycles. The molecule has 0 bridgehead atoms. The van der Waals surface area contributed by atoms with Gasteiger partial charge in [0.15, 0.2) is 5.82 Å². The van der Waals surface area contributed by atoms with E-state index in [-0.39, 0.29) is 12.5 Å². The van der Waals surface area contributed by atoms with Crippen molar-refractivity contribution in [3.63, 3.8) is 0 Å². The van der Waals surface area contributed by atoms with Gasteiger partial charge in [-0.2, -0.15) is 0 Å². The van der Waals surface area contributed by atoms with Crippen LogP contribution in [-0.2, 0) is 37.1 Å². The van der Waals surface area contributed by atoms with Gasteiger partial charge in [-0.15, -0.1) is 0 Å². The van der Waals surface area contributed by atoms with Crippen molar-refractivity contribution in [3.8, 4) is 11.3 Å². The Morgan fingerprint density at radius 3 is 2.54 bits per heavy atom. The molecule has 2 N–H and O–H groups in total. The van der Waals surface area contributed by atoms with Gasteiger partial charge >= 0.3 is 0 Å². The molecule has 37 heavy (non-hydrogen) atoms. The molecule has 2 aliphatic rings. The van der Waals surface area contributed by atoms with E-state index in [2.05, 4.69) is 41.7 Å². The van der Waals surface area contributed by atoms with Crippen LogP contribution in [0.4, 0.5) is 5.82 Å². The van der Waals surface area contributed by atoms with Gasteiger partial charge in [-0.05, 0) is 52.6 Å². The minimum absolute atomic E-state index is 0.0426. The molecule has 0 unspecified atom stereocenters. The Hall–Kier alpha value is -3.57. The first-order valence-corrected chi connectivity index (χ1v) is 13.6. The summed E-state index contributed by atoms with van der Waals surface area (Å²) < 4.78 is 0. The summed E-state index contributed by atoms with van der Waals surface area (Å²) in [5.41, 5.74) is 7.01. The first-order chi connectivity index (χ1) is 18.2. The number of benzene rings is 3. The second-order valence-corrected chi connectivity index (χ2v) is 10.6. The number of aromatic nitrogens is 2. The monoisotopic (exact) mass is 491 g/mol. The number of aliphatic hydroxyl groups is 1. The van der Waals surface area contributed by atoms with Crippen molar-refractivity contribution in [1.29, 1.82) is 0 Å². The lowest BCUT2D eigenvalue weighted by molar-refractivity contribution is -0.115. The first kappa shape index (κ1) is 23.8. The zero-order valence-corrected chi connectivity index (χ0v) is 21.2. The van der Waals surface area contributed by atoms with Crippen molar-refractivity contribution >= 4 is 22.5 Å². The van der Waals surface area contributed by atoms with Crippen LogP contribution in [0.3, 0.4) is 0 Å². The SMILES string of the molecule is O=C(Cc1ccc2ccccc2c1)Nc1nc2c(nc1CC1CCCCC1)-c1ccc(CO)cc1CC2. The predicted molar refractivity (Wildman–Crippen MR) is 147 cm³/mol. The summed E-state index contributed by atoms with van der Waals surface area (Å²) in [5.74, 6) is 1.15. The molecule has 4 aromatic rings. The molecule has 1 amide bonds. The van der Waals surface area contributed by atoms with Crippen LogP contribution in [-0.4, -0.2) is 21.0 Å². The summed E-state index contributed by atoms with van der Waals surface area (Å²) in [4.78, 5) is 23.4. The highest BCUT2D eigenvalue weighted by atomic mass is 16.3. The third-order valence-electron chi connectivity index (χ3n) is 7.92. The van der Waals surface area contributed by atoms with E-state index in [1.807, 2.05) is 24.3 Å². The maximum atomic E-state index is 13.2. The molecule has 5 nitrogen and oxygen atoms in total. The van der Waals surface area contributed by atoms with Gasteiger partial charge < -0.3 is 10.4 Å². The number of hydrogen-bond donors (Lipinski definition) is 2. The van der Waals surface area contributed by atoms with E-state index >= 15 is 0 Å². The molecular weight excluding hydrogens is 458 g/mol. The number of nitrogens with one attached hydrogen (secondary N) is 1. The molecule has 188 valence electrons. The quantitative estimate of drug-likeness (QED) is 0.337. The van der Waals surface area contributed by atoms with Gasteiger partial charge in [-0.25, -0.2) is 9.97 Å². The summed E-state index contributed by atoms with van der Waals surface area (Å²) in [6.45, 7) is 0.0426. The zero-order chi connectivity index (χ0) is 25.2. The highest BCUT2D eigenvalue weighted by Gasteiger charge is 2.25. The van der Waals surface area contributed by atoms with Crippen LogP contribution >= 0.6 is 0 Å². The van der Waals surface area contributed by atoms with Crippen molar-refractivity contribution in [3.05, 3.63) is 88.7 Å². The number of fused-ring (bicyclic) bond motifs is 4. The molecule has 0 spiro atoms. The van der Waals surface area contributed by atoms with Crippen molar-refractivity contribution in [2.45, 2.75) is 64.4 Å². The third-order valence-corrected chi connectivity index (χ3v) is 7.92. The van der Waals surface area contributed by atoms with Crippen molar-refractivity contribution in [2.75, 3.05) is 5.32 Å². The lowest BCUT2D eigenvalue weighted by Crippen LogP contribution is -2.21. The van der Waals surface area contributed by atoms with Crippen molar-refractivity contribution in [2.24, 2.45) is 5.92 Å². The Morgan fingerprint density at radius 1 is 0.892 bits per heavy atom. The Kier molecular flexibility index (Phi) is 6.71. The molecule has 1 aromatic heterocycles. The number of aliphatic hydroxyl groups excluding tert-OH is 1. The lowest BCUT2D eigenvalue weighted by atomic mass is 9.85. The van der Waals surface area contributed by atoms with Gasteiger partial charge in [-0.3, -0.25) is 4.79 Å². The van der Waals surface area contributed by atoms with Crippen LogP contribution in [0.2, 0.25) is 0 Å². The Labute approximate surface area is 218 Å². The van der Waals surface area contributed by atoms with Gasteiger partial charge in [0.2, 0.25) is 5.91 Å². The van der Waals surface area contributed by atoms with Crippen molar-refractivity contribution < 1.29 is 9.90 Å². The second-order valence-electron chi connectivity index (χ2n) is 10.6. The highest BCUT2D eigenvalue weighted by Crippen LogP contribution is 2.35. The summed E-state index contributed by atoms with van der Waals surface area (Å²) in [6, 6.07) is 20.5. The van der Waals surface area contributed by atoms with Crippen LogP contribution in [0.5, 0.6) is 0 Å². The van der Waals surface area contributed by atoms with Crippen LogP contribution < -0.4 is 5.32 Å². The number of anilines is 1. The van der Waals surface area contributed by atoms with Gasteiger partial charge in [0, 0.05) is 5.56 Å². The third kappa shape index (κ3) is 5.14. The van der Waals surface area contributed by atoms with E-state index in [9.17, 15) is 9.90 Å².